The topological polar surface area (TPSA) is 148 Å². The van der Waals surface area contributed by atoms with Crippen LogP contribution in [-0.2, 0) is 47.5 Å². The molecule has 0 aliphatic rings. The van der Waals surface area contributed by atoms with Gasteiger partial charge in [0.15, 0.2) is 0 Å². The van der Waals surface area contributed by atoms with E-state index in [2.05, 4.69) is 0 Å². The minimum Gasteiger partial charge on any atom is -0.481 e. The first-order valence-electron chi connectivity index (χ1n) is 12.4. The first-order chi connectivity index (χ1) is 17.5. The van der Waals surface area contributed by atoms with Crippen LogP contribution >= 0.6 is 0 Å². The summed E-state index contributed by atoms with van der Waals surface area (Å²) in [7, 11) is 3.21. The van der Waals surface area contributed by atoms with E-state index < -0.39 is 17.4 Å². The fourth-order valence-electron chi connectivity index (χ4n) is 3.18. The molecule has 0 radical (unpaired) electrons. The van der Waals surface area contributed by atoms with Gasteiger partial charge < -0.3 is 48.1 Å². The minimum absolute atomic E-state index is 0.0860. The van der Waals surface area contributed by atoms with Gasteiger partial charge in [0.2, 0.25) is 0 Å². The molecular weight excluding hydrogens is 480 g/mol. The number of hydrogen-bond acceptors (Lipinski definition) is 10. The molecule has 0 amide bonds. The summed E-state index contributed by atoms with van der Waals surface area (Å²) in [4.78, 5) is 23.1. The zero-order chi connectivity index (χ0) is 26.7. The Hall–Kier alpha value is -1.38. The molecule has 0 saturated heterocycles. The number of carboxylic acid groups (broad SMARTS) is 2. The van der Waals surface area contributed by atoms with Crippen molar-refractivity contribution in [2.75, 3.05) is 107 Å². The minimum atomic E-state index is -1.12. The molecule has 0 aromatic rings. The highest BCUT2D eigenvalue weighted by atomic mass is 16.6. The molecule has 2 N–H and O–H groups in total. The van der Waals surface area contributed by atoms with Crippen molar-refractivity contribution < 1.29 is 57.7 Å². The van der Waals surface area contributed by atoms with Gasteiger partial charge in [-0.05, 0) is 25.7 Å². The zero-order valence-electron chi connectivity index (χ0n) is 21.9. The summed E-state index contributed by atoms with van der Waals surface area (Å²) in [6.07, 6.45) is 0.908. The molecule has 36 heavy (non-hydrogen) atoms. The first-order valence-corrected chi connectivity index (χ1v) is 12.4. The standard InChI is InChI=1S/C24H46O12/c1-29-10-12-33-18-20-35-16-14-31-8-6-24(23(27)28,5-3-4-22(25)26)7-9-32-15-17-36-21-19-34-13-11-30-2/h3-21H2,1-2H3,(H,25,26)(H,27,28). The van der Waals surface area contributed by atoms with E-state index in [1.165, 1.54) is 0 Å². The highest BCUT2D eigenvalue weighted by Crippen LogP contribution is 2.33. The van der Waals surface area contributed by atoms with Crippen LogP contribution in [0.5, 0.6) is 0 Å². The SMILES string of the molecule is COCCOCCOCCOCCC(CCCC(=O)O)(CCOCCOCCOCCOC)C(=O)O. The quantitative estimate of drug-likeness (QED) is 0.136. The number of carboxylic acids is 2. The lowest BCUT2D eigenvalue weighted by molar-refractivity contribution is -0.153. The predicted molar refractivity (Wildman–Crippen MR) is 129 cm³/mol. The molecule has 0 bridgehead atoms. The van der Waals surface area contributed by atoms with Crippen molar-refractivity contribution >= 4 is 11.9 Å². The summed E-state index contributed by atoms with van der Waals surface area (Å²) in [6.45, 7) is 5.70. The van der Waals surface area contributed by atoms with Gasteiger partial charge in [-0.1, -0.05) is 0 Å². The Labute approximate surface area is 214 Å². The Morgan fingerprint density at radius 3 is 1.17 bits per heavy atom. The largest absolute Gasteiger partial charge is 0.481 e. The van der Waals surface area contributed by atoms with Crippen LogP contribution in [-0.4, -0.2) is 129 Å². The highest BCUT2D eigenvalue weighted by molar-refractivity contribution is 5.74. The molecule has 0 heterocycles. The van der Waals surface area contributed by atoms with Gasteiger partial charge in [0, 0.05) is 33.9 Å². The molecule has 0 aromatic heterocycles. The van der Waals surface area contributed by atoms with Gasteiger partial charge in [-0.2, -0.15) is 0 Å². The molecule has 0 aromatic carbocycles. The maximum absolute atomic E-state index is 12.2. The van der Waals surface area contributed by atoms with E-state index in [9.17, 15) is 14.7 Å². The normalized spacial score (nSPS) is 11.7. The Bertz CT molecular complexity index is 491. The van der Waals surface area contributed by atoms with Crippen LogP contribution in [0.3, 0.4) is 0 Å². The molecule has 214 valence electrons. The van der Waals surface area contributed by atoms with E-state index in [4.69, 9.17) is 43.0 Å². The summed E-state index contributed by atoms with van der Waals surface area (Å²) in [6, 6.07) is 0. The molecule has 0 rings (SSSR count). The third kappa shape index (κ3) is 20.8. The molecule has 12 nitrogen and oxygen atoms in total. The monoisotopic (exact) mass is 526 g/mol. The van der Waals surface area contributed by atoms with Crippen LogP contribution in [0, 0.1) is 5.41 Å². The fourth-order valence-corrected chi connectivity index (χ4v) is 3.18. The second kappa shape index (κ2) is 25.3. The van der Waals surface area contributed by atoms with Gasteiger partial charge in [0.05, 0.1) is 84.7 Å². The number of hydrogen-bond donors (Lipinski definition) is 2. The average molecular weight is 527 g/mol. The number of rotatable bonds is 29. The molecule has 0 saturated carbocycles. The van der Waals surface area contributed by atoms with Crippen LogP contribution in [0.4, 0.5) is 0 Å². The molecular formula is C24H46O12. The highest BCUT2D eigenvalue weighted by Gasteiger charge is 2.37. The van der Waals surface area contributed by atoms with Crippen LogP contribution in [0.25, 0.3) is 0 Å². The van der Waals surface area contributed by atoms with Crippen molar-refractivity contribution in [1.82, 2.24) is 0 Å². The number of ether oxygens (including phenoxy) is 8. The third-order valence-electron chi connectivity index (χ3n) is 5.30. The van der Waals surface area contributed by atoms with Gasteiger partial charge in [0.25, 0.3) is 0 Å². The Morgan fingerprint density at radius 2 is 0.861 bits per heavy atom. The lowest BCUT2D eigenvalue weighted by Gasteiger charge is -2.29. The van der Waals surface area contributed by atoms with Crippen LogP contribution < -0.4 is 0 Å². The molecule has 0 atom stereocenters. The van der Waals surface area contributed by atoms with Crippen LogP contribution in [0.1, 0.15) is 32.1 Å². The average Bonchev–Trinajstić information content (AvgIpc) is 2.85. The van der Waals surface area contributed by atoms with Crippen LogP contribution in [0.15, 0.2) is 0 Å². The molecule has 0 aliphatic carbocycles. The van der Waals surface area contributed by atoms with E-state index >= 15 is 0 Å². The fraction of sp³-hybridized carbons (Fsp3) is 0.917. The van der Waals surface area contributed by atoms with E-state index in [1.807, 2.05) is 0 Å². The zero-order valence-corrected chi connectivity index (χ0v) is 21.9. The summed E-state index contributed by atoms with van der Waals surface area (Å²) in [5.41, 5.74) is -1.12. The van der Waals surface area contributed by atoms with Crippen molar-refractivity contribution in [3.8, 4) is 0 Å². The van der Waals surface area contributed by atoms with Crippen LogP contribution in [0.2, 0.25) is 0 Å². The summed E-state index contributed by atoms with van der Waals surface area (Å²) in [5.74, 6) is -1.93. The van der Waals surface area contributed by atoms with Gasteiger partial charge in [-0.25, -0.2) is 0 Å². The van der Waals surface area contributed by atoms with Crippen molar-refractivity contribution in [2.24, 2.45) is 5.41 Å². The van der Waals surface area contributed by atoms with E-state index in [0.29, 0.717) is 79.3 Å². The third-order valence-corrected chi connectivity index (χ3v) is 5.30. The summed E-state index contributed by atoms with van der Waals surface area (Å²) in [5, 5.41) is 18.9. The maximum atomic E-state index is 12.2. The molecule has 0 spiro atoms. The maximum Gasteiger partial charge on any atom is 0.309 e. The second-order valence-electron chi connectivity index (χ2n) is 7.99. The number of aliphatic carboxylic acids is 2. The van der Waals surface area contributed by atoms with Gasteiger partial charge >= 0.3 is 11.9 Å². The molecule has 0 aliphatic heterocycles. The number of methoxy groups -OCH3 is 2. The summed E-state index contributed by atoms with van der Waals surface area (Å²) >= 11 is 0. The van der Waals surface area contributed by atoms with E-state index in [-0.39, 0.29) is 45.3 Å². The van der Waals surface area contributed by atoms with Crippen molar-refractivity contribution in [3.63, 3.8) is 0 Å². The second-order valence-corrected chi connectivity index (χ2v) is 7.99. The predicted octanol–water partition coefficient (Wildman–Crippen LogP) is 1.48. The lowest BCUT2D eigenvalue weighted by Crippen LogP contribution is -2.34. The van der Waals surface area contributed by atoms with Crippen molar-refractivity contribution in [1.29, 1.82) is 0 Å². The van der Waals surface area contributed by atoms with Gasteiger partial charge in [-0.3, -0.25) is 9.59 Å². The molecule has 0 unspecified atom stereocenters. The first kappa shape index (κ1) is 34.6. The van der Waals surface area contributed by atoms with Crippen molar-refractivity contribution in [3.05, 3.63) is 0 Å². The Balaban J connectivity index is 4.24. The Kier molecular flexibility index (Phi) is 24.3. The van der Waals surface area contributed by atoms with E-state index in [0.717, 1.165) is 0 Å². The Morgan fingerprint density at radius 1 is 0.528 bits per heavy atom. The lowest BCUT2D eigenvalue weighted by atomic mass is 9.77. The van der Waals surface area contributed by atoms with E-state index in [1.54, 1.807) is 14.2 Å². The molecule has 12 heteroatoms. The smallest absolute Gasteiger partial charge is 0.309 e. The van der Waals surface area contributed by atoms with Gasteiger partial charge in [-0.15, -0.1) is 0 Å². The van der Waals surface area contributed by atoms with Gasteiger partial charge in [0.1, 0.15) is 0 Å². The molecule has 0 fully saturated rings. The van der Waals surface area contributed by atoms with Crippen molar-refractivity contribution in [2.45, 2.75) is 32.1 Å². The number of carbonyl (C=O) groups is 2. The summed E-state index contributed by atoms with van der Waals surface area (Å²) < 4.78 is 42.3.